The van der Waals surface area contributed by atoms with Gasteiger partial charge in [0.25, 0.3) is 5.91 Å². The van der Waals surface area contributed by atoms with Crippen LogP contribution in [-0.2, 0) is 4.79 Å². The molecule has 2 heterocycles. The van der Waals surface area contributed by atoms with Crippen molar-refractivity contribution in [3.05, 3.63) is 35.7 Å². The van der Waals surface area contributed by atoms with Gasteiger partial charge in [0.1, 0.15) is 5.75 Å². The zero-order valence-corrected chi connectivity index (χ0v) is 15.4. The van der Waals surface area contributed by atoms with Crippen LogP contribution >= 0.6 is 0 Å². The second kappa shape index (κ2) is 6.37. The highest BCUT2D eigenvalue weighted by molar-refractivity contribution is 5.93. The summed E-state index contributed by atoms with van der Waals surface area (Å²) >= 11 is 0. The molecular weight excluding hydrogens is 348 g/mol. The number of carboxylic acid groups (broad SMARTS) is 1. The SMILES string of the molecule is COc1ccc(-n2nnc(C(=O)N3CCC4(CC3)CC4C(=O)O)c2C)cc1. The Hall–Kier alpha value is -2.90. The van der Waals surface area contributed by atoms with Crippen LogP contribution in [0, 0.1) is 18.3 Å². The molecule has 8 nitrogen and oxygen atoms in total. The Morgan fingerprint density at radius 2 is 1.89 bits per heavy atom. The fraction of sp³-hybridized carbons (Fsp3) is 0.474. The Balaban J connectivity index is 1.47. The van der Waals surface area contributed by atoms with Crippen molar-refractivity contribution in [2.24, 2.45) is 11.3 Å². The zero-order chi connectivity index (χ0) is 19.2. The van der Waals surface area contributed by atoms with E-state index >= 15 is 0 Å². The lowest BCUT2D eigenvalue weighted by Crippen LogP contribution is -2.40. The molecule has 8 heteroatoms. The summed E-state index contributed by atoms with van der Waals surface area (Å²) in [5.41, 5.74) is 1.73. The third kappa shape index (κ3) is 2.94. The average molecular weight is 370 g/mol. The molecule has 1 aromatic carbocycles. The first-order chi connectivity index (χ1) is 12.9. The lowest BCUT2D eigenvalue weighted by molar-refractivity contribution is -0.139. The van der Waals surface area contributed by atoms with E-state index in [1.807, 2.05) is 31.2 Å². The van der Waals surface area contributed by atoms with Gasteiger partial charge in [0, 0.05) is 13.1 Å². The summed E-state index contributed by atoms with van der Waals surface area (Å²) in [6.07, 6.45) is 2.21. The molecule has 1 saturated carbocycles. The Morgan fingerprint density at radius 3 is 2.44 bits per heavy atom. The summed E-state index contributed by atoms with van der Waals surface area (Å²) in [6.45, 7) is 2.96. The highest BCUT2D eigenvalue weighted by Crippen LogP contribution is 2.59. The monoisotopic (exact) mass is 370 g/mol. The molecule has 1 aromatic heterocycles. The van der Waals surface area contributed by atoms with Crippen LogP contribution in [0.4, 0.5) is 0 Å². The number of likely N-dealkylation sites (tertiary alicyclic amines) is 1. The van der Waals surface area contributed by atoms with Crippen molar-refractivity contribution in [3.8, 4) is 11.4 Å². The first kappa shape index (κ1) is 17.5. The predicted octanol–water partition coefficient (Wildman–Crippen LogP) is 1.91. The highest BCUT2D eigenvalue weighted by atomic mass is 16.5. The molecule has 2 aromatic rings. The third-order valence-corrected chi connectivity index (χ3v) is 5.95. The first-order valence-corrected chi connectivity index (χ1v) is 9.04. The van der Waals surface area contributed by atoms with E-state index in [9.17, 15) is 14.7 Å². The van der Waals surface area contributed by atoms with Gasteiger partial charge in [-0.2, -0.15) is 0 Å². The highest BCUT2D eigenvalue weighted by Gasteiger charge is 2.59. The Bertz CT molecular complexity index is 882. The smallest absolute Gasteiger partial charge is 0.307 e. The van der Waals surface area contributed by atoms with Gasteiger partial charge in [-0.3, -0.25) is 9.59 Å². The maximum absolute atomic E-state index is 12.9. The topological polar surface area (TPSA) is 97.5 Å². The largest absolute Gasteiger partial charge is 0.497 e. The minimum atomic E-state index is -0.715. The number of amides is 1. The van der Waals surface area contributed by atoms with Gasteiger partial charge in [-0.25, -0.2) is 4.68 Å². The van der Waals surface area contributed by atoms with Crippen molar-refractivity contribution in [3.63, 3.8) is 0 Å². The molecule has 4 rings (SSSR count). The number of carbonyl (C=O) groups excluding carboxylic acids is 1. The molecule has 1 aliphatic heterocycles. The lowest BCUT2D eigenvalue weighted by Gasteiger charge is -2.32. The van der Waals surface area contributed by atoms with Gasteiger partial charge in [-0.15, -0.1) is 5.10 Å². The Labute approximate surface area is 156 Å². The summed E-state index contributed by atoms with van der Waals surface area (Å²) in [5.74, 6) is -0.357. The number of ether oxygens (including phenoxy) is 1. The number of rotatable bonds is 4. The summed E-state index contributed by atoms with van der Waals surface area (Å²) in [4.78, 5) is 25.8. The minimum Gasteiger partial charge on any atom is -0.497 e. The van der Waals surface area contributed by atoms with Gasteiger partial charge in [0.15, 0.2) is 5.69 Å². The van der Waals surface area contributed by atoms with Crippen LogP contribution < -0.4 is 4.74 Å². The maximum atomic E-state index is 12.9. The minimum absolute atomic E-state index is 0.0988. The third-order valence-electron chi connectivity index (χ3n) is 5.95. The number of aromatic nitrogens is 3. The van der Waals surface area contributed by atoms with Crippen molar-refractivity contribution in [1.82, 2.24) is 19.9 Å². The number of nitrogens with zero attached hydrogens (tertiary/aromatic N) is 4. The summed E-state index contributed by atoms with van der Waals surface area (Å²) < 4.78 is 6.80. The van der Waals surface area contributed by atoms with Crippen molar-refractivity contribution < 1.29 is 19.4 Å². The molecule has 1 spiro atoms. The fourth-order valence-electron chi connectivity index (χ4n) is 4.05. The predicted molar refractivity (Wildman–Crippen MR) is 96.0 cm³/mol. The van der Waals surface area contributed by atoms with E-state index < -0.39 is 5.97 Å². The van der Waals surface area contributed by atoms with Gasteiger partial charge >= 0.3 is 5.97 Å². The summed E-state index contributed by atoms with van der Waals surface area (Å²) in [7, 11) is 1.61. The normalized spacial score (nSPS) is 20.5. The molecule has 1 N–H and O–H groups in total. The molecule has 1 unspecified atom stereocenters. The van der Waals surface area contributed by atoms with Crippen molar-refractivity contribution >= 4 is 11.9 Å². The van der Waals surface area contributed by atoms with Crippen LogP contribution in [0.2, 0.25) is 0 Å². The van der Waals surface area contributed by atoms with E-state index in [0.717, 1.165) is 30.7 Å². The molecule has 2 aliphatic rings. The van der Waals surface area contributed by atoms with Crippen molar-refractivity contribution in [2.75, 3.05) is 20.2 Å². The molecular formula is C19H22N4O4. The molecule has 0 radical (unpaired) electrons. The van der Waals surface area contributed by atoms with Crippen molar-refractivity contribution in [2.45, 2.75) is 26.2 Å². The number of hydrogen-bond donors (Lipinski definition) is 1. The van der Waals surface area contributed by atoms with Crippen LogP contribution in [-0.4, -0.2) is 57.1 Å². The van der Waals surface area contributed by atoms with Crippen LogP contribution in [0.3, 0.4) is 0 Å². The number of hydrogen-bond acceptors (Lipinski definition) is 5. The van der Waals surface area contributed by atoms with Crippen LogP contribution in [0.1, 0.15) is 35.4 Å². The first-order valence-electron chi connectivity index (χ1n) is 9.04. The molecule has 2 fully saturated rings. The quantitative estimate of drug-likeness (QED) is 0.883. The number of piperidine rings is 1. The number of methoxy groups -OCH3 is 1. The molecule has 1 atom stereocenters. The van der Waals surface area contributed by atoms with Gasteiger partial charge in [-0.05, 0) is 55.9 Å². The summed E-state index contributed by atoms with van der Waals surface area (Å²) in [5, 5.41) is 17.4. The van der Waals surface area contributed by atoms with Gasteiger partial charge in [0.05, 0.1) is 24.4 Å². The molecule has 0 bridgehead atoms. The fourth-order valence-corrected chi connectivity index (χ4v) is 4.05. The second-order valence-electron chi connectivity index (χ2n) is 7.38. The maximum Gasteiger partial charge on any atom is 0.307 e. The number of aliphatic carboxylic acids is 1. The van der Waals surface area contributed by atoms with Crippen LogP contribution in [0.25, 0.3) is 5.69 Å². The van der Waals surface area contributed by atoms with Gasteiger partial charge in [0.2, 0.25) is 0 Å². The van der Waals surface area contributed by atoms with Crippen LogP contribution in [0.15, 0.2) is 24.3 Å². The van der Waals surface area contributed by atoms with E-state index in [-0.39, 0.29) is 17.2 Å². The molecule has 1 aliphatic carbocycles. The van der Waals surface area contributed by atoms with Crippen molar-refractivity contribution in [1.29, 1.82) is 0 Å². The van der Waals surface area contributed by atoms with E-state index in [2.05, 4.69) is 10.3 Å². The molecule has 27 heavy (non-hydrogen) atoms. The number of benzene rings is 1. The van der Waals surface area contributed by atoms with E-state index in [1.165, 1.54) is 0 Å². The van der Waals surface area contributed by atoms with E-state index in [4.69, 9.17) is 4.74 Å². The van der Waals surface area contributed by atoms with Crippen LogP contribution in [0.5, 0.6) is 5.75 Å². The molecule has 142 valence electrons. The summed E-state index contributed by atoms with van der Waals surface area (Å²) in [6, 6.07) is 7.38. The average Bonchev–Trinajstić information content (AvgIpc) is 3.25. The van der Waals surface area contributed by atoms with Gasteiger partial charge in [-0.1, -0.05) is 5.21 Å². The zero-order valence-electron chi connectivity index (χ0n) is 15.4. The number of carbonyl (C=O) groups is 2. The van der Waals surface area contributed by atoms with E-state index in [1.54, 1.807) is 16.7 Å². The number of carboxylic acids is 1. The standard InChI is InChI=1S/C19H22N4O4/c1-12-16(20-21-23(12)13-3-5-14(27-2)6-4-13)17(24)22-9-7-19(8-10-22)11-15(19)18(25)26/h3-6,15H,7-11H2,1-2H3,(H,25,26). The Kier molecular flexibility index (Phi) is 4.13. The molecule has 1 amide bonds. The second-order valence-corrected chi connectivity index (χ2v) is 7.38. The van der Waals surface area contributed by atoms with Gasteiger partial charge < -0.3 is 14.7 Å². The van der Waals surface area contributed by atoms with E-state index in [0.29, 0.717) is 24.5 Å². The lowest BCUT2D eigenvalue weighted by atomic mass is 9.90. The Morgan fingerprint density at radius 1 is 1.22 bits per heavy atom. The molecule has 1 saturated heterocycles.